The van der Waals surface area contributed by atoms with Crippen molar-refractivity contribution in [2.75, 3.05) is 0 Å². The molecule has 0 saturated carbocycles. The second-order valence-corrected chi connectivity index (χ2v) is 5.65. The lowest BCUT2D eigenvalue weighted by Crippen LogP contribution is -2.06. The Bertz CT molecular complexity index is 973. The zero-order chi connectivity index (χ0) is 17.3. The van der Waals surface area contributed by atoms with Crippen LogP contribution in [0, 0.1) is 18.8 Å². The minimum absolute atomic E-state index is 0.128. The Morgan fingerprint density at radius 1 is 1.21 bits per heavy atom. The van der Waals surface area contributed by atoms with Crippen LogP contribution in [0.3, 0.4) is 0 Å². The number of carbonyl (C=O) groups excluding carboxylic acids is 1. The van der Waals surface area contributed by atoms with Crippen molar-refractivity contribution in [2.24, 2.45) is 5.34 Å². The summed E-state index contributed by atoms with van der Waals surface area (Å²) in [5.74, 6) is -0.983. The van der Waals surface area contributed by atoms with Gasteiger partial charge in [0.05, 0.1) is 10.5 Å². The van der Waals surface area contributed by atoms with Crippen LogP contribution in [0.1, 0.15) is 21.7 Å². The number of carbonyl (C=O) groups is 1. The fourth-order valence-electron chi connectivity index (χ4n) is 2.48. The van der Waals surface area contributed by atoms with E-state index in [-0.39, 0.29) is 10.7 Å². The van der Waals surface area contributed by atoms with Crippen molar-refractivity contribution < 1.29 is 9.63 Å². The van der Waals surface area contributed by atoms with E-state index in [1.165, 1.54) is 6.20 Å². The topological polar surface area (TPSA) is 81.5 Å². The van der Waals surface area contributed by atoms with E-state index in [0.717, 1.165) is 27.7 Å². The van der Waals surface area contributed by atoms with Gasteiger partial charge in [0.1, 0.15) is 0 Å². The highest BCUT2D eigenvalue weighted by Crippen LogP contribution is 2.31. The van der Waals surface area contributed by atoms with Crippen molar-refractivity contribution in [1.82, 2.24) is 9.97 Å². The molecular weight excluding hydrogens is 330 g/mol. The monoisotopic (exact) mass is 341 g/mol. The molecule has 0 atom stereocenters. The van der Waals surface area contributed by atoms with Gasteiger partial charge in [-0.3, -0.25) is 9.82 Å². The van der Waals surface area contributed by atoms with Crippen LogP contribution in [-0.2, 0) is 4.84 Å². The molecule has 0 saturated heterocycles. The van der Waals surface area contributed by atoms with Crippen LogP contribution >= 0.6 is 11.6 Å². The van der Waals surface area contributed by atoms with Crippen molar-refractivity contribution in [3.05, 3.63) is 63.4 Å². The maximum absolute atomic E-state index is 11.6. The minimum Gasteiger partial charge on any atom is -0.277 e. The van der Waals surface area contributed by atoms with Gasteiger partial charge in [0, 0.05) is 22.8 Å². The molecule has 0 aliphatic rings. The number of fused-ring (bicyclic) bond motifs is 1. The van der Waals surface area contributed by atoms with Crippen LogP contribution in [0.15, 0.2) is 41.9 Å². The number of benzene rings is 1. The Morgan fingerprint density at radius 2 is 2.00 bits per heavy atom. The third-order valence-electron chi connectivity index (χ3n) is 3.72. The number of aryl methyl sites for hydroxylation is 1. The van der Waals surface area contributed by atoms with E-state index >= 15 is 0 Å². The summed E-state index contributed by atoms with van der Waals surface area (Å²) in [6.45, 7) is 3.70. The Morgan fingerprint density at radius 3 is 2.75 bits per heavy atom. The molecule has 0 radical (unpaired) electrons. The summed E-state index contributed by atoms with van der Waals surface area (Å²) in [5.41, 5.74) is 4.03. The van der Waals surface area contributed by atoms with Gasteiger partial charge in [0.15, 0.2) is 11.0 Å². The molecule has 6 nitrogen and oxygen atoms in total. The molecule has 1 aromatic carbocycles. The number of aromatic nitrogens is 2. The van der Waals surface area contributed by atoms with Gasteiger partial charge in [0.2, 0.25) is 0 Å². The molecular formula is C17H12ClN3O3. The number of halogens is 1. The quantitative estimate of drug-likeness (QED) is 0.520. The van der Waals surface area contributed by atoms with Gasteiger partial charge in [-0.1, -0.05) is 23.7 Å². The van der Waals surface area contributed by atoms with Gasteiger partial charge in [-0.25, -0.2) is 9.78 Å². The van der Waals surface area contributed by atoms with Gasteiger partial charge in [-0.05, 0) is 43.2 Å². The van der Waals surface area contributed by atoms with Crippen LogP contribution in [-0.4, -0.2) is 15.9 Å². The number of hydrogen-bond acceptors (Lipinski definition) is 6. The van der Waals surface area contributed by atoms with Crippen molar-refractivity contribution in [2.45, 2.75) is 13.8 Å². The normalized spacial score (nSPS) is 10.6. The summed E-state index contributed by atoms with van der Waals surface area (Å²) in [4.78, 5) is 34.2. The summed E-state index contributed by atoms with van der Waals surface area (Å²) in [5, 5.41) is 3.22. The third kappa shape index (κ3) is 2.83. The van der Waals surface area contributed by atoms with Gasteiger partial charge >= 0.3 is 5.97 Å². The largest absolute Gasteiger partial charge is 0.389 e. The van der Waals surface area contributed by atoms with Crippen molar-refractivity contribution in [3.63, 3.8) is 0 Å². The highest BCUT2D eigenvalue weighted by molar-refractivity contribution is 6.34. The summed E-state index contributed by atoms with van der Waals surface area (Å²) in [6.07, 6.45) is 1.52. The van der Waals surface area contributed by atoms with E-state index in [0.29, 0.717) is 5.56 Å². The van der Waals surface area contributed by atoms with E-state index in [9.17, 15) is 9.70 Å². The zero-order valence-electron chi connectivity index (χ0n) is 12.9. The molecule has 2 aromatic heterocycles. The van der Waals surface area contributed by atoms with E-state index in [1.807, 2.05) is 37.3 Å². The number of nitrogens with zero attached hydrogens (tertiary/aromatic N) is 3. The molecule has 0 aliphatic heterocycles. The Balaban J connectivity index is 2.09. The van der Waals surface area contributed by atoms with Crippen molar-refractivity contribution >= 4 is 28.5 Å². The molecule has 3 aromatic rings. The van der Waals surface area contributed by atoms with Crippen molar-refractivity contribution in [1.29, 1.82) is 0 Å². The number of rotatable bonds is 3. The predicted molar refractivity (Wildman–Crippen MR) is 90.7 cm³/mol. The molecule has 3 rings (SSSR count). The van der Waals surface area contributed by atoms with Crippen LogP contribution in [0.5, 0.6) is 0 Å². The predicted octanol–water partition coefficient (Wildman–Crippen LogP) is 4.41. The van der Waals surface area contributed by atoms with Crippen LogP contribution in [0.2, 0.25) is 5.02 Å². The first kappa shape index (κ1) is 16.0. The standard InChI is InChI=1S/C17H12ClN3O3/c1-9-3-4-12-7-11(5-6-14(12)20-9)13-8-19-16(15(18)10(13)2)17(22)24-21-23/h3-8H,1-2H3. The average Bonchev–Trinajstić information content (AvgIpc) is 2.57. The van der Waals surface area contributed by atoms with E-state index < -0.39 is 5.97 Å². The molecule has 0 N–H and O–H groups in total. The summed E-state index contributed by atoms with van der Waals surface area (Å²) in [7, 11) is 0. The summed E-state index contributed by atoms with van der Waals surface area (Å²) < 4.78 is 0. The molecule has 120 valence electrons. The van der Waals surface area contributed by atoms with Gasteiger partial charge in [-0.2, -0.15) is 0 Å². The maximum atomic E-state index is 11.6. The average molecular weight is 342 g/mol. The molecule has 0 unspecified atom stereocenters. The first-order chi connectivity index (χ1) is 11.5. The molecule has 0 spiro atoms. The molecule has 0 fully saturated rings. The lowest BCUT2D eigenvalue weighted by atomic mass is 10.00. The Kier molecular flexibility index (Phi) is 4.22. The highest BCUT2D eigenvalue weighted by Gasteiger charge is 2.19. The smallest absolute Gasteiger partial charge is 0.277 e. The highest BCUT2D eigenvalue weighted by atomic mass is 35.5. The Hall–Kier alpha value is -2.86. The summed E-state index contributed by atoms with van der Waals surface area (Å²) >= 11 is 6.20. The van der Waals surface area contributed by atoms with E-state index in [1.54, 1.807) is 6.92 Å². The summed E-state index contributed by atoms with van der Waals surface area (Å²) in [6, 6.07) is 9.75. The first-order valence-corrected chi connectivity index (χ1v) is 7.46. The molecule has 7 heteroatoms. The second kappa shape index (κ2) is 6.33. The van der Waals surface area contributed by atoms with Crippen LogP contribution in [0.4, 0.5) is 0 Å². The number of pyridine rings is 2. The molecule has 24 heavy (non-hydrogen) atoms. The second-order valence-electron chi connectivity index (χ2n) is 5.27. The molecule has 0 bridgehead atoms. The fraction of sp³-hybridized carbons (Fsp3) is 0.118. The van der Waals surface area contributed by atoms with E-state index in [2.05, 4.69) is 20.1 Å². The number of hydrogen-bond donors (Lipinski definition) is 0. The maximum Gasteiger partial charge on any atom is 0.389 e. The molecule has 0 aliphatic carbocycles. The first-order valence-electron chi connectivity index (χ1n) is 7.08. The Labute approximate surface area is 142 Å². The third-order valence-corrected chi connectivity index (χ3v) is 4.18. The van der Waals surface area contributed by atoms with Gasteiger partial charge in [-0.15, -0.1) is 4.91 Å². The van der Waals surface area contributed by atoms with Crippen LogP contribution in [0.25, 0.3) is 22.0 Å². The molecule has 0 amide bonds. The van der Waals surface area contributed by atoms with E-state index in [4.69, 9.17) is 11.6 Å². The van der Waals surface area contributed by atoms with Crippen LogP contribution < -0.4 is 0 Å². The molecule has 2 heterocycles. The van der Waals surface area contributed by atoms with Gasteiger partial charge in [0.25, 0.3) is 0 Å². The fourth-order valence-corrected chi connectivity index (χ4v) is 2.71. The van der Waals surface area contributed by atoms with Gasteiger partial charge < -0.3 is 0 Å². The SMILES string of the molecule is Cc1ccc2cc(-c3cnc(C(=O)ON=O)c(Cl)c3C)ccc2n1. The lowest BCUT2D eigenvalue weighted by molar-refractivity contribution is 0.0501. The van der Waals surface area contributed by atoms with Crippen molar-refractivity contribution in [3.8, 4) is 11.1 Å². The minimum atomic E-state index is -0.983. The lowest BCUT2D eigenvalue weighted by Gasteiger charge is -2.10. The zero-order valence-corrected chi connectivity index (χ0v) is 13.7.